The van der Waals surface area contributed by atoms with Gasteiger partial charge in [-0.2, -0.15) is 9.78 Å². The zero-order valence-corrected chi connectivity index (χ0v) is 16.6. The van der Waals surface area contributed by atoms with Gasteiger partial charge in [-0.25, -0.2) is 9.37 Å². The lowest BCUT2D eigenvalue weighted by Crippen LogP contribution is -2.24. The van der Waals surface area contributed by atoms with Crippen molar-refractivity contribution in [3.8, 4) is 10.9 Å². The van der Waals surface area contributed by atoms with E-state index in [0.717, 1.165) is 32.8 Å². The highest BCUT2D eigenvalue weighted by atomic mass is 32.1. The number of ether oxygens (including phenoxy) is 1. The Kier molecular flexibility index (Phi) is 4.09. The van der Waals surface area contributed by atoms with E-state index in [2.05, 4.69) is 15.4 Å². The Morgan fingerprint density at radius 2 is 2.03 bits per heavy atom. The van der Waals surface area contributed by atoms with Crippen LogP contribution in [-0.4, -0.2) is 27.8 Å². The molecular weight excluding hydrogens is 391 g/mol. The lowest BCUT2D eigenvalue weighted by Gasteiger charge is -2.24. The predicted octanol–water partition coefficient (Wildman–Crippen LogP) is 4.41. The van der Waals surface area contributed by atoms with Gasteiger partial charge in [0.25, 0.3) is 0 Å². The summed E-state index contributed by atoms with van der Waals surface area (Å²) in [5.74, 6) is 0.806. The zero-order valence-electron chi connectivity index (χ0n) is 15.8. The number of methoxy groups -OCH3 is 1. The van der Waals surface area contributed by atoms with Crippen LogP contribution in [0.1, 0.15) is 29.2 Å². The SMILES string of the molecule is COc1ccc2nc(-n3nc(C)c4c3NC(=O)C[C@H]4c3ccc(F)cc3)sc2c1. The molecule has 0 saturated heterocycles. The number of aryl methyl sites for hydroxylation is 1. The average molecular weight is 408 g/mol. The molecule has 1 atom stereocenters. The fourth-order valence-electron chi connectivity index (χ4n) is 3.78. The van der Waals surface area contributed by atoms with Gasteiger partial charge in [-0.3, -0.25) is 4.79 Å². The molecule has 1 N–H and O–H groups in total. The summed E-state index contributed by atoms with van der Waals surface area (Å²) < 4.78 is 21.3. The molecular formula is C21H17FN4O2S. The fourth-order valence-corrected chi connectivity index (χ4v) is 4.73. The highest BCUT2D eigenvalue weighted by molar-refractivity contribution is 7.20. The number of amides is 1. The number of benzene rings is 2. The molecule has 146 valence electrons. The van der Waals surface area contributed by atoms with Gasteiger partial charge < -0.3 is 10.1 Å². The second-order valence-electron chi connectivity index (χ2n) is 6.95. The van der Waals surface area contributed by atoms with Crippen molar-refractivity contribution >= 4 is 33.3 Å². The van der Waals surface area contributed by atoms with E-state index >= 15 is 0 Å². The molecule has 0 radical (unpaired) electrons. The molecule has 29 heavy (non-hydrogen) atoms. The lowest BCUT2D eigenvalue weighted by molar-refractivity contribution is -0.116. The van der Waals surface area contributed by atoms with Crippen LogP contribution in [0.5, 0.6) is 5.75 Å². The number of hydrogen-bond acceptors (Lipinski definition) is 5. The maximum Gasteiger partial charge on any atom is 0.226 e. The van der Waals surface area contributed by atoms with Crippen LogP contribution < -0.4 is 10.1 Å². The van der Waals surface area contributed by atoms with Gasteiger partial charge in [0.15, 0.2) is 0 Å². The van der Waals surface area contributed by atoms with E-state index in [-0.39, 0.29) is 17.6 Å². The van der Waals surface area contributed by atoms with Crippen LogP contribution in [0.15, 0.2) is 42.5 Å². The van der Waals surface area contributed by atoms with E-state index in [1.54, 1.807) is 23.9 Å². The maximum absolute atomic E-state index is 13.4. The number of thiazole rings is 1. The van der Waals surface area contributed by atoms with Crippen LogP contribution in [0.2, 0.25) is 0 Å². The summed E-state index contributed by atoms with van der Waals surface area (Å²) in [4.78, 5) is 17.1. The van der Waals surface area contributed by atoms with Gasteiger partial charge in [0.2, 0.25) is 11.0 Å². The highest BCUT2D eigenvalue weighted by Gasteiger charge is 2.33. The van der Waals surface area contributed by atoms with Crippen molar-refractivity contribution < 1.29 is 13.9 Å². The van der Waals surface area contributed by atoms with Crippen LogP contribution >= 0.6 is 11.3 Å². The average Bonchev–Trinajstić information content (AvgIpc) is 3.28. The quantitative estimate of drug-likeness (QED) is 0.545. The number of nitrogens with one attached hydrogen (secondary N) is 1. The third kappa shape index (κ3) is 2.96. The molecule has 0 spiro atoms. The molecule has 0 aliphatic carbocycles. The van der Waals surface area contributed by atoms with Crippen molar-refractivity contribution in [3.05, 3.63) is 65.1 Å². The first-order valence-electron chi connectivity index (χ1n) is 9.13. The first-order valence-corrected chi connectivity index (χ1v) is 9.95. The number of hydrogen-bond donors (Lipinski definition) is 1. The number of aromatic nitrogens is 3. The Morgan fingerprint density at radius 1 is 1.24 bits per heavy atom. The van der Waals surface area contributed by atoms with Crippen LogP contribution in [0.25, 0.3) is 15.3 Å². The maximum atomic E-state index is 13.4. The molecule has 2 aromatic carbocycles. The molecule has 2 aromatic heterocycles. The smallest absolute Gasteiger partial charge is 0.226 e. The normalized spacial score (nSPS) is 16.0. The summed E-state index contributed by atoms with van der Waals surface area (Å²) in [7, 11) is 1.63. The summed E-state index contributed by atoms with van der Waals surface area (Å²) in [5, 5.41) is 8.29. The van der Waals surface area contributed by atoms with Crippen LogP contribution in [0.4, 0.5) is 10.2 Å². The van der Waals surface area contributed by atoms with Crippen molar-refractivity contribution in [2.75, 3.05) is 12.4 Å². The van der Waals surface area contributed by atoms with Gasteiger partial charge in [0.1, 0.15) is 17.4 Å². The molecule has 0 bridgehead atoms. The Balaban J connectivity index is 1.64. The van der Waals surface area contributed by atoms with Gasteiger partial charge in [0.05, 0.1) is 23.0 Å². The Hall–Kier alpha value is -3.26. The van der Waals surface area contributed by atoms with Crippen molar-refractivity contribution in [1.29, 1.82) is 0 Å². The highest BCUT2D eigenvalue weighted by Crippen LogP contribution is 2.41. The number of anilines is 1. The molecule has 8 heteroatoms. The van der Waals surface area contributed by atoms with Crippen LogP contribution in [-0.2, 0) is 4.79 Å². The first-order chi connectivity index (χ1) is 14.0. The molecule has 0 fully saturated rings. The lowest BCUT2D eigenvalue weighted by atomic mass is 9.86. The van der Waals surface area contributed by atoms with E-state index in [9.17, 15) is 9.18 Å². The van der Waals surface area contributed by atoms with Crippen LogP contribution in [0.3, 0.4) is 0 Å². The number of nitrogens with zero attached hydrogens (tertiary/aromatic N) is 3. The third-order valence-electron chi connectivity index (χ3n) is 5.14. The van der Waals surface area contributed by atoms with E-state index in [0.29, 0.717) is 17.4 Å². The summed E-state index contributed by atoms with van der Waals surface area (Å²) in [6.07, 6.45) is 0.294. The van der Waals surface area contributed by atoms with Crippen molar-refractivity contribution in [2.24, 2.45) is 0 Å². The standard InChI is InChI=1S/C21H17FN4O2S/c1-11-19-15(12-3-5-13(22)6-4-12)10-18(27)24-20(19)26(25-11)21-23-16-8-7-14(28-2)9-17(16)29-21/h3-9,15H,10H2,1-2H3,(H,24,27)/t15-/m0/s1. The van der Waals surface area contributed by atoms with E-state index in [1.807, 2.05) is 25.1 Å². The van der Waals surface area contributed by atoms with E-state index in [1.165, 1.54) is 23.5 Å². The molecule has 1 amide bonds. The molecule has 0 saturated carbocycles. The molecule has 3 heterocycles. The molecule has 6 nitrogen and oxygen atoms in total. The largest absolute Gasteiger partial charge is 0.497 e. The van der Waals surface area contributed by atoms with Gasteiger partial charge in [-0.05, 0) is 42.8 Å². The van der Waals surface area contributed by atoms with Gasteiger partial charge >= 0.3 is 0 Å². The number of halogens is 1. The first kappa shape index (κ1) is 17.8. The van der Waals surface area contributed by atoms with Crippen molar-refractivity contribution in [3.63, 3.8) is 0 Å². The minimum Gasteiger partial charge on any atom is -0.497 e. The van der Waals surface area contributed by atoms with E-state index in [4.69, 9.17) is 4.74 Å². The van der Waals surface area contributed by atoms with Gasteiger partial charge in [0, 0.05) is 17.9 Å². The number of carbonyl (C=O) groups is 1. The molecule has 1 aliphatic rings. The van der Waals surface area contributed by atoms with E-state index < -0.39 is 0 Å². The van der Waals surface area contributed by atoms with Crippen molar-refractivity contribution in [1.82, 2.24) is 14.8 Å². The summed E-state index contributed by atoms with van der Waals surface area (Å²) >= 11 is 1.47. The molecule has 5 rings (SSSR count). The minimum absolute atomic E-state index is 0.101. The van der Waals surface area contributed by atoms with Crippen molar-refractivity contribution in [2.45, 2.75) is 19.3 Å². The third-order valence-corrected chi connectivity index (χ3v) is 6.13. The Bertz CT molecular complexity index is 1250. The Morgan fingerprint density at radius 3 is 2.79 bits per heavy atom. The summed E-state index contributed by atoms with van der Waals surface area (Å²) in [5.41, 5.74) is 3.48. The van der Waals surface area contributed by atoms with Gasteiger partial charge in [-0.1, -0.05) is 23.5 Å². The topological polar surface area (TPSA) is 69.0 Å². The monoisotopic (exact) mass is 408 g/mol. The molecule has 0 unspecified atom stereocenters. The predicted molar refractivity (Wildman–Crippen MR) is 110 cm³/mol. The summed E-state index contributed by atoms with van der Waals surface area (Å²) in [6, 6.07) is 12.0. The fraction of sp³-hybridized carbons (Fsp3) is 0.190. The molecule has 4 aromatic rings. The van der Waals surface area contributed by atoms with Gasteiger partial charge in [-0.15, -0.1) is 0 Å². The molecule has 1 aliphatic heterocycles. The second-order valence-corrected chi connectivity index (χ2v) is 7.96. The zero-order chi connectivity index (χ0) is 20.1. The number of carbonyl (C=O) groups excluding carboxylic acids is 1. The summed E-state index contributed by atoms with van der Waals surface area (Å²) in [6.45, 7) is 1.92. The minimum atomic E-state index is -0.299. The number of rotatable bonds is 3. The van der Waals surface area contributed by atoms with Crippen LogP contribution in [0, 0.1) is 12.7 Å². The Labute approximate surface area is 170 Å². The second kappa shape index (κ2) is 6.66. The number of fused-ring (bicyclic) bond motifs is 2.